The highest BCUT2D eigenvalue weighted by atomic mass is 16.5. The van der Waals surface area contributed by atoms with Crippen LogP contribution in [0.1, 0.15) is 27.4 Å². The second-order valence-corrected chi connectivity index (χ2v) is 5.67. The van der Waals surface area contributed by atoms with Crippen molar-refractivity contribution in [3.8, 4) is 5.88 Å². The Morgan fingerprint density at radius 3 is 2.04 bits per heavy atom. The molecule has 1 heterocycles. The van der Waals surface area contributed by atoms with Crippen LogP contribution in [-0.2, 0) is 0 Å². The highest BCUT2D eigenvalue weighted by molar-refractivity contribution is 5.93. The minimum absolute atomic E-state index is 0.0950. The fourth-order valence-corrected chi connectivity index (χ4v) is 2.73. The standard InChI is InChI=1S/C21H20N2O2/c1-25-20-13-12-18(14-22-20)21(24)23-15-19(16-8-4-2-5-9-16)17-10-6-3-7-11-17/h2-14,19H,15H2,1H3,(H,23,24). The number of methoxy groups -OCH3 is 1. The number of carbonyl (C=O) groups is 1. The number of carbonyl (C=O) groups excluding carboxylic acids is 1. The zero-order valence-corrected chi connectivity index (χ0v) is 14.1. The molecule has 0 spiro atoms. The molecule has 4 heteroatoms. The first-order valence-corrected chi connectivity index (χ1v) is 8.16. The number of rotatable bonds is 6. The van der Waals surface area contributed by atoms with E-state index in [9.17, 15) is 4.79 Å². The van der Waals surface area contributed by atoms with Gasteiger partial charge in [-0.25, -0.2) is 4.98 Å². The summed E-state index contributed by atoms with van der Waals surface area (Å²) in [6, 6.07) is 23.8. The molecular formula is C21H20N2O2. The molecule has 1 aromatic heterocycles. The topological polar surface area (TPSA) is 51.2 Å². The molecule has 0 bridgehead atoms. The van der Waals surface area contributed by atoms with Crippen LogP contribution in [-0.4, -0.2) is 24.5 Å². The number of aromatic nitrogens is 1. The lowest BCUT2D eigenvalue weighted by Crippen LogP contribution is -2.29. The molecule has 0 saturated carbocycles. The molecule has 2 aromatic carbocycles. The Morgan fingerprint density at radius 2 is 1.56 bits per heavy atom. The summed E-state index contributed by atoms with van der Waals surface area (Å²) in [7, 11) is 1.55. The summed E-state index contributed by atoms with van der Waals surface area (Å²) in [5.74, 6) is 0.438. The molecule has 126 valence electrons. The average Bonchev–Trinajstić information content (AvgIpc) is 2.70. The molecule has 0 fully saturated rings. The van der Waals surface area contributed by atoms with Crippen LogP contribution in [0.4, 0.5) is 0 Å². The van der Waals surface area contributed by atoms with E-state index in [2.05, 4.69) is 34.6 Å². The number of ether oxygens (including phenoxy) is 1. The number of amides is 1. The van der Waals surface area contributed by atoms with Gasteiger partial charge in [0.25, 0.3) is 5.91 Å². The molecule has 0 aliphatic rings. The van der Waals surface area contributed by atoms with Crippen molar-refractivity contribution in [3.05, 3.63) is 95.7 Å². The quantitative estimate of drug-likeness (QED) is 0.749. The number of benzene rings is 2. The number of hydrogen-bond donors (Lipinski definition) is 1. The third kappa shape index (κ3) is 4.23. The zero-order valence-electron chi connectivity index (χ0n) is 14.1. The smallest absolute Gasteiger partial charge is 0.252 e. The molecule has 0 aliphatic carbocycles. The van der Waals surface area contributed by atoms with Crippen LogP contribution in [0.5, 0.6) is 5.88 Å². The van der Waals surface area contributed by atoms with Crippen LogP contribution in [0.3, 0.4) is 0 Å². The predicted molar refractivity (Wildman–Crippen MR) is 97.8 cm³/mol. The van der Waals surface area contributed by atoms with Crippen LogP contribution in [0, 0.1) is 0 Å². The van der Waals surface area contributed by atoms with Gasteiger partial charge in [0.1, 0.15) is 0 Å². The maximum Gasteiger partial charge on any atom is 0.252 e. The molecule has 3 rings (SSSR count). The SMILES string of the molecule is COc1ccc(C(=O)NCC(c2ccccc2)c2ccccc2)cn1. The van der Waals surface area contributed by atoms with E-state index in [1.807, 2.05) is 36.4 Å². The number of nitrogens with zero attached hydrogens (tertiary/aromatic N) is 1. The molecule has 0 saturated heterocycles. The Hall–Kier alpha value is -3.14. The first kappa shape index (κ1) is 16.7. The summed E-state index contributed by atoms with van der Waals surface area (Å²) in [5.41, 5.74) is 2.85. The summed E-state index contributed by atoms with van der Waals surface area (Å²) >= 11 is 0. The molecule has 0 aliphatic heterocycles. The van der Waals surface area contributed by atoms with Crippen molar-refractivity contribution in [2.45, 2.75) is 5.92 Å². The van der Waals surface area contributed by atoms with Crippen LogP contribution >= 0.6 is 0 Å². The van der Waals surface area contributed by atoms with Crippen molar-refractivity contribution < 1.29 is 9.53 Å². The third-order valence-electron chi connectivity index (χ3n) is 4.08. The molecule has 0 unspecified atom stereocenters. The lowest BCUT2D eigenvalue weighted by molar-refractivity contribution is 0.0952. The van der Waals surface area contributed by atoms with Gasteiger partial charge in [0.05, 0.1) is 12.7 Å². The van der Waals surface area contributed by atoms with E-state index in [-0.39, 0.29) is 11.8 Å². The largest absolute Gasteiger partial charge is 0.481 e. The first-order chi connectivity index (χ1) is 12.3. The van der Waals surface area contributed by atoms with Gasteiger partial charge in [0, 0.05) is 24.7 Å². The van der Waals surface area contributed by atoms with E-state index in [0.29, 0.717) is 18.0 Å². The number of nitrogens with one attached hydrogen (secondary N) is 1. The second kappa shape index (κ2) is 8.11. The summed E-state index contributed by atoms with van der Waals surface area (Å²) in [6.45, 7) is 0.513. The molecule has 4 nitrogen and oxygen atoms in total. The molecular weight excluding hydrogens is 312 g/mol. The monoisotopic (exact) mass is 332 g/mol. The summed E-state index contributed by atoms with van der Waals surface area (Å²) < 4.78 is 5.02. The van der Waals surface area contributed by atoms with Gasteiger partial charge < -0.3 is 10.1 Å². The maximum atomic E-state index is 12.4. The third-order valence-corrected chi connectivity index (χ3v) is 4.08. The lowest BCUT2D eigenvalue weighted by Gasteiger charge is -2.19. The molecule has 1 N–H and O–H groups in total. The number of hydrogen-bond acceptors (Lipinski definition) is 3. The van der Waals surface area contributed by atoms with E-state index in [1.165, 1.54) is 17.3 Å². The van der Waals surface area contributed by atoms with Crippen molar-refractivity contribution in [3.63, 3.8) is 0 Å². The van der Waals surface area contributed by atoms with Crippen LogP contribution in [0.2, 0.25) is 0 Å². The summed E-state index contributed by atoms with van der Waals surface area (Å²) in [5, 5.41) is 3.01. The van der Waals surface area contributed by atoms with Gasteiger partial charge in [-0.15, -0.1) is 0 Å². The maximum absolute atomic E-state index is 12.4. The fraction of sp³-hybridized carbons (Fsp3) is 0.143. The first-order valence-electron chi connectivity index (χ1n) is 8.16. The highest BCUT2D eigenvalue weighted by Crippen LogP contribution is 2.23. The predicted octanol–water partition coefficient (Wildman–Crippen LogP) is 3.65. The van der Waals surface area contributed by atoms with E-state index in [1.54, 1.807) is 19.2 Å². The van der Waals surface area contributed by atoms with Gasteiger partial charge >= 0.3 is 0 Å². The van der Waals surface area contributed by atoms with Gasteiger partial charge in [-0.3, -0.25) is 4.79 Å². The fourth-order valence-electron chi connectivity index (χ4n) is 2.73. The van der Waals surface area contributed by atoms with E-state index >= 15 is 0 Å². The van der Waals surface area contributed by atoms with Gasteiger partial charge in [-0.1, -0.05) is 60.7 Å². The van der Waals surface area contributed by atoms with Gasteiger partial charge in [-0.05, 0) is 17.2 Å². The molecule has 25 heavy (non-hydrogen) atoms. The van der Waals surface area contributed by atoms with Crippen molar-refractivity contribution >= 4 is 5.91 Å². The second-order valence-electron chi connectivity index (χ2n) is 5.67. The van der Waals surface area contributed by atoms with E-state index in [4.69, 9.17) is 4.74 Å². The summed E-state index contributed by atoms with van der Waals surface area (Å²) in [6.07, 6.45) is 1.52. The Bertz CT molecular complexity index is 763. The van der Waals surface area contributed by atoms with Crippen molar-refractivity contribution in [1.82, 2.24) is 10.3 Å². The van der Waals surface area contributed by atoms with Crippen LogP contribution in [0.15, 0.2) is 79.0 Å². The van der Waals surface area contributed by atoms with Crippen LogP contribution < -0.4 is 10.1 Å². The molecule has 0 atom stereocenters. The normalized spacial score (nSPS) is 10.5. The van der Waals surface area contributed by atoms with Crippen molar-refractivity contribution in [1.29, 1.82) is 0 Å². The molecule has 1 amide bonds. The van der Waals surface area contributed by atoms with Crippen molar-refractivity contribution in [2.75, 3.05) is 13.7 Å². The van der Waals surface area contributed by atoms with Gasteiger partial charge in [0.15, 0.2) is 0 Å². The molecule has 0 radical (unpaired) electrons. The number of pyridine rings is 1. The summed E-state index contributed by atoms with van der Waals surface area (Å²) in [4.78, 5) is 16.5. The van der Waals surface area contributed by atoms with Gasteiger partial charge in [-0.2, -0.15) is 0 Å². The minimum Gasteiger partial charge on any atom is -0.481 e. The Morgan fingerprint density at radius 1 is 0.960 bits per heavy atom. The minimum atomic E-state index is -0.146. The van der Waals surface area contributed by atoms with Crippen molar-refractivity contribution in [2.24, 2.45) is 0 Å². The van der Waals surface area contributed by atoms with Crippen LogP contribution in [0.25, 0.3) is 0 Å². The van der Waals surface area contributed by atoms with E-state index in [0.717, 1.165) is 0 Å². The lowest BCUT2D eigenvalue weighted by atomic mass is 9.91. The Kier molecular flexibility index (Phi) is 5.42. The highest BCUT2D eigenvalue weighted by Gasteiger charge is 2.16. The Labute approximate surface area is 147 Å². The zero-order chi connectivity index (χ0) is 17.5. The average molecular weight is 332 g/mol. The molecule has 3 aromatic rings. The van der Waals surface area contributed by atoms with Gasteiger partial charge in [0.2, 0.25) is 5.88 Å². The van der Waals surface area contributed by atoms with E-state index < -0.39 is 0 Å². The Balaban J connectivity index is 1.75.